The molecule has 0 N–H and O–H groups in total. The van der Waals surface area contributed by atoms with Gasteiger partial charge in [0.05, 0.1) is 18.8 Å². The number of halogens is 4. The van der Waals surface area contributed by atoms with Gasteiger partial charge in [0.1, 0.15) is 10.6 Å². The van der Waals surface area contributed by atoms with Crippen molar-refractivity contribution in [3.8, 4) is 0 Å². The Hall–Kier alpha value is -2.82. The average Bonchev–Trinajstić information content (AvgIpc) is 3.69. The topological polar surface area (TPSA) is 53.8 Å². The summed E-state index contributed by atoms with van der Waals surface area (Å²) in [5, 5.41) is 4.10. The Bertz CT molecular complexity index is 1360. The van der Waals surface area contributed by atoms with Crippen molar-refractivity contribution < 1.29 is 22.7 Å². The maximum atomic E-state index is 14.3. The molecule has 6 rings (SSSR count). The quantitative estimate of drug-likeness (QED) is 0.204. The molecular formula is C32H39ClF3N5O2. The standard InChI is InChI=1S/C32H39ClF3N5O2/c1-2-43-30(42)27-20-37-41(29(27)32(34,35)36)25-9-6-14-39(22-25)28-19-31(33,13-12-26(28)24-7-4-3-5-8-24)40-17-15-38(16-18-40)21-23-10-11-23/h3-5,7-8,12-13,20,23,25H,2,6,9-11,14-19,21-22H2,1H3. The Kier molecular flexibility index (Phi) is 8.63. The highest BCUT2D eigenvalue weighted by atomic mass is 35.5. The lowest BCUT2D eigenvalue weighted by atomic mass is 9.90. The molecule has 232 valence electrons. The first-order valence-electron chi connectivity index (χ1n) is 15.4. The molecule has 4 aliphatic rings. The molecule has 1 aromatic carbocycles. The predicted molar refractivity (Wildman–Crippen MR) is 159 cm³/mol. The fourth-order valence-electron chi connectivity index (χ4n) is 6.72. The summed E-state index contributed by atoms with van der Waals surface area (Å²) in [7, 11) is 0. The number of piperazine rings is 1. The summed E-state index contributed by atoms with van der Waals surface area (Å²) in [6.07, 6.45) is 4.84. The van der Waals surface area contributed by atoms with Gasteiger partial charge in [0.15, 0.2) is 5.69 Å². The highest BCUT2D eigenvalue weighted by Gasteiger charge is 2.44. The van der Waals surface area contributed by atoms with Gasteiger partial charge in [-0.05, 0) is 50.2 Å². The summed E-state index contributed by atoms with van der Waals surface area (Å²) in [6.45, 7) is 7.46. The number of piperidine rings is 1. The van der Waals surface area contributed by atoms with Crippen LogP contribution in [0.1, 0.15) is 66.7 Å². The second-order valence-corrected chi connectivity index (χ2v) is 12.8. The summed E-state index contributed by atoms with van der Waals surface area (Å²) in [6, 6.07) is 9.49. The molecule has 2 aromatic rings. The van der Waals surface area contributed by atoms with E-state index in [4.69, 9.17) is 16.3 Å². The summed E-state index contributed by atoms with van der Waals surface area (Å²) >= 11 is 7.43. The van der Waals surface area contributed by atoms with Crippen molar-refractivity contribution in [2.24, 2.45) is 5.92 Å². The monoisotopic (exact) mass is 617 g/mol. The van der Waals surface area contributed by atoms with Crippen LogP contribution in [0.25, 0.3) is 5.57 Å². The van der Waals surface area contributed by atoms with Gasteiger partial charge in [0.25, 0.3) is 0 Å². The van der Waals surface area contributed by atoms with E-state index >= 15 is 0 Å². The normalized spacial score (nSPS) is 25.8. The Morgan fingerprint density at radius 2 is 1.84 bits per heavy atom. The fourth-order valence-corrected chi connectivity index (χ4v) is 7.08. The van der Waals surface area contributed by atoms with E-state index < -0.39 is 34.4 Å². The maximum absolute atomic E-state index is 14.3. The van der Waals surface area contributed by atoms with Crippen molar-refractivity contribution in [2.75, 3.05) is 52.4 Å². The Morgan fingerprint density at radius 3 is 2.51 bits per heavy atom. The molecule has 1 saturated carbocycles. The number of hydrogen-bond donors (Lipinski definition) is 0. The lowest BCUT2D eigenvalue weighted by Crippen LogP contribution is -2.55. The van der Waals surface area contributed by atoms with Crippen molar-refractivity contribution in [2.45, 2.75) is 56.2 Å². The van der Waals surface area contributed by atoms with E-state index in [1.165, 1.54) is 19.4 Å². The molecule has 2 unspecified atom stereocenters. The van der Waals surface area contributed by atoms with Crippen LogP contribution in [-0.2, 0) is 10.9 Å². The summed E-state index contributed by atoms with van der Waals surface area (Å²) in [4.78, 5) is 18.7. The largest absolute Gasteiger partial charge is 0.462 e. The van der Waals surface area contributed by atoms with Crippen LogP contribution in [0.3, 0.4) is 0 Å². The fraction of sp³-hybridized carbons (Fsp3) is 0.562. The number of alkyl halides is 4. The predicted octanol–water partition coefficient (Wildman–Crippen LogP) is 6.05. The van der Waals surface area contributed by atoms with Gasteiger partial charge in [-0.2, -0.15) is 18.3 Å². The van der Waals surface area contributed by atoms with Crippen LogP contribution >= 0.6 is 11.6 Å². The first-order valence-corrected chi connectivity index (χ1v) is 15.7. The average molecular weight is 618 g/mol. The van der Waals surface area contributed by atoms with E-state index in [0.29, 0.717) is 32.4 Å². The van der Waals surface area contributed by atoms with Crippen molar-refractivity contribution in [3.05, 3.63) is 71.2 Å². The van der Waals surface area contributed by atoms with Crippen LogP contribution in [0.4, 0.5) is 13.2 Å². The molecule has 0 radical (unpaired) electrons. The zero-order chi connectivity index (χ0) is 30.2. The molecule has 2 aliphatic heterocycles. The molecule has 43 heavy (non-hydrogen) atoms. The van der Waals surface area contributed by atoms with E-state index in [1.807, 2.05) is 18.2 Å². The third-order valence-electron chi connectivity index (χ3n) is 9.11. The summed E-state index contributed by atoms with van der Waals surface area (Å²) in [5.41, 5.74) is 1.52. The molecule has 0 spiro atoms. The minimum atomic E-state index is -4.75. The van der Waals surface area contributed by atoms with Crippen LogP contribution in [0.2, 0.25) is 0 Å². The molecule has 7 nitrogen and oxygen atoms in total. The number of esters is 1. The smallest absolute Gasteiger partial charge is 0.433 e. The molecule has 11 heteroatoms. The Balaban J connectivity index is 1.28. The van der Waals surface area contributed by atoms with Gasteiger partial charge >= 0.3 is 12.1 Å². The number of nitrogens with zero attached hydrogens (tertiary/aromatic N) is 5. The molecule has 2 atom stereocenters. The number of benzene rings is 1. The summed E-state index contributed by atoms with van der Waals surface area (Å²) < 4.78 is 48.8. The van der Waals surface area contributed by atoms with Crippen molar-refractivity contribution in [3.63, 3.8) is 0 Å². The highest BCUT2D eigenvalue weighted by molar-refractivity contribution is 6.25. The number of allylic oxidation sites excluding steroid dienone is 2. The zero-order valence-corrected chi connectivity index (χ0v) is 25.3. The first kappa shape index (κ1) is 30.2. The van der Waals surface area contributed by atoms with Gasteiger partial charge in [-0.15, -0.1) is 0 Å². The van der Waals surface area contributed by atoms with E-state index in [1.54, 1.807) is 6.92 Å². The van der Waals surface area contributed by atoms with Crippen LogP contribution < -0.4 is 0 Å². The molecule has 3 heterocycles. The molecule has 0 bridgehead atoms. The van der Waals surface area contributed by atoms with Gasteiger partial charge in [-0.3, -0.25) is 9.58 Å². The Morgan fingerprint density at radius 1 is 1.09 bits per heavy atom. The first-order chi connectivity index (χ1) is 20.7. The van der Waals surface area contributed by atoms with E-state index in [-0.39, 0.29) is 6.61 Å². The molecule has 2 aliphatic carbocycles. The number of rotatable bonds is 8. The van der Waals surface area contributed by atoms with E-state index in [9.17, 15) is 18.0 Å². The Labute approximate surface area is 255 Å². The lowest BCUT2D eigenvalue weighted by Gasteiger charge is -2.47. The zero-order valence-electron chi connectivity index (χ0n) is 24.5. The number of ether oxygens (including phenoxy) is 1. The van der Waals surface area contributed by atoms with Crippen LogP contribution in [0.15, 0.2) is 54.4 Å². The van der Waals surface area contributed by atoms with Gasteiger partial charge in [0, 0.05) is 63.5 Å². The number of carbonyl (C=O) groups excluding carboxylic acids is 1. The third kappa shape index (κ3) is 6.51. The minimum Gasteiger partial charge on any atom is -0.462 e. The number of carbonyl (C=O) groups is 1. The lowest BCUT2D eigenvalue weighted by molar-refractivity contribution is -0.145. The van der Waals surface area contributed by atoms with Crippen molar-refractivity contribution in [1.82, 2.24) is 24.5 Å². The summed E-state index contributed by atoms with van der Waals surface area (Å²) in [5.74, 6) is -0.161. The van der Waals surface area contributed by atoms with E-state index in [0.717, 1.165) is 59.8 Å². The van der Waals surface area contributed by atoms with Gasteiger partial charge in [-0.1, -0.05) is 48.0 Å². The second-order valence-electron chi connectivity index (χ2n) is 12.1. The number of hydrogen-bond acceptors (Lipinski definition) is 6. The molecular weight excluding hydrogens is 579 g/mol. The van der Waals surface area contributed by atoms with Crippen LogP contribution in [0, 0.1) is 5.92 Å². The molecule has 0 amide bonds. The minimum absolute atomic E-state index is 0.0157. The SMILES string of the molecule is CCOC(=O)c1cnn(C2CCCN(C3=C(c4ccccc4)C=CC(Cl)(N4CCN(CC5CC5)CC4)C3)C2)c1C(F)(F)F. The van der Waals surface area contributed by atoms with Crippen LogP contribution in [-0.4, -0.2) is 87.9 Å². The van der Waals surface area contributed by atoms with Gasteiger partial charge in [-0.25, -0.2) is 4.79 Å². The molecule has 3 fully saturated rings. The maximum Gasteiger partial charge on any atom is 0.433 e. The molecule has 2 saturated heterocycles. The van der Waals surface area contributed by atoms with Crippen molar-refractivity contribution in [1.29, 1.82) is 0 Å². The number of aromatic nitrogens is 2. The van der Waals surface area contributed by atoms with Crippen LogP contribution in [0.5, 0.6) is 0 Å². The highest BCUT2D eigenvalue weighted by Crippen LogP contribution is 2.43. The number of likely N-dealkylation sites (tertiary alicyclic amines) is 1. The molecule has 1 aromatic heterocycles. The third-order valence-corrected chi connectivity index (χ3v) is 9.61. The van der Waals surface area contributed by atoms with Gasteiger partial charge in [0.2, 0.25) is 0 Å². The van der Waals surface area contributed by atoms with Gasteiger partial charge < -0.3 is 14.5 Å². The van der Waals surface area contributed by atoms with Crippen molar-refractivity contribution >= 4 is 23.1 Å². The second kappa shape index (κ2) is 12.3. The van der Waals surface area contributed by atoms with E-state index in [2.05, 4.69) is 44.1 Å².